The lowest BCUT2D eigenvalue weighted by atomic mass is 9.84. The van der Waals surface area contributed by atoms with Crippen LogP contribution in [0, 0.1) is 0 Å². The molecule has 0 unspecified atom stereocenters. The Morgan fingerprint density at radius 2 is 1.72 bits per heavy atom. The summed E-state index contributed by atoms with van der Waals surface area (Å²) < 4.78 is 0. The molecule has 1 fully saturated rings. The van der Waals surface area contributed by atoms with Gasteiger partial charge >= 0.3 is 0 Å². The second-order valence-corrected chi connectivity index (χ2v) is 5.88. The Labute approximate surface area is 108 Å². The van der Waals surface area contributed by atoms with Crippen molar-refractivity contribution in [1.82, 2.24) is 5.32 Å². The van der Waals surface area contributed by atoms with Crippen molar-refractivity contribution >= 4 is 11.8 Å². The number of hydrogen-bond donors (Lipinski definition) is 1. The molecule has 1 heterocycles. The highest BCUT2D eigenvalue weighted by atomic mass is 16.2. The van der Waals surface area contributed by atoms with Gasteiger partial charge in [-0.3, -0.25) is 14.9 Å². The number of imide groups is 1. The standard InChI is InChI=1S/C15H19NO2/c1-15(2,3)11-6-4-10(5-7-11)12-8-9-13(17)16-14(12)18/h4-7,12H,8-9H2,1-3H3,(H,16,17,18)/t12-/m0/s1. The largest absolute Gasteiger partial charge is 0.296 e. The minimum atomic E-state index is -0.184. The number of benzene rings is 1. The fourth-order valence-corrected chi connectivity index (χ4v) is 2.23. The first kappa shape index (κ1) is 12.8. The Balaban J connectivity index is 2.20. The average molecular weight is 245 g/mol. The van der Waals surface area contributed by atoms with Crippen LogP contribution in [0.25, 0.3) is 0 Å². The number of hydrogen-bond acceptors (Lipinski definition) is 2. The minimum absolute atomic E-state index is 0.114. The summed E-state index contributed by atoms with van der Waals surface area (Å²) in [5.41, 5.74) is 2.36. The van der Waals surface area contributed by atoms with E-state index in [9.17, 15) is 9.59 Å². The Morgan fingerprint density at radius 3 is 2.22 bits per heavy atom. The Hall–Kier alpha value is -1.64. The highest BCUT2D eigenvalue weighted by Gasteiger charge is 2.28. The van der Waals surface area contributed by atoms with Crippen molar-refractivity contribution in [2.75, 3.05) is 0 Å². The van der Waals surface area contributed by atoms with Crippen LogP contribution in [-0.2, 0) is 15.0 Å². The molecule has 0 radical (unpaired) electrons. The molecular formula is C15H19NO2. The van der Waals surface area contributed by atoms with Gasteiger partial charge in [0.1, 0.15) is 0 Å². The van der Waals surface area contributed by atoms with Crippen LogP contribution in [-0.4, -0.2) is 11.8 Å². The first-order chi connectivity index (χ1) is 8.38. The lowest BCUT2D eigenvalue weighted by Crippen LogP contribution is -2.39. The molecule has 0 aromatic heterocycles. The topological polar surface area (TPSA) is 46.2 Å². The fourth-order valence-electron chi connectivity index (χ4n) is 2.23. The van der Waals surface area contributed by atoms with Crippen molar-refractivity contribution in [3.63, 3.8) is 0 Å². The van der Waals surface area contributed by atoms with Gasteiger partial charge in [0.2, 0.25) is 11.8 Å². The van der Waals surface area contributed by atoms with Crippen LogP contribution < -0.4 is 5.32 Å². The van der Waals surface area contributed by atoms with Crippen LogP contribution in [0.15, 0.2) is 24.3 Å². The molecule has 1 aliphatic heterocycles. The summed E-state index contributed by atoms with van der Waals surface area (Å²) in [6.07, 6.45) is 1.04. The minimum Gasteiger partial charge on any atom is -0.296 e. The molecule has 2 rings (SSSR count). The molecule has 0 saturated carbocycles. The lowest BCUT2D eigenvalue weighted by Gasteiger charge is -2.23. The van der Waals surface area contributed by atoms with Gasteiger partial charge in [0.15, 0.2) is 0 Å². The van der Waals surface area contributed by atoms with Gasteiger partial charge in [0, 0.05) is 6.42 Å². The van der Waals surface area contributed by atoms with E-state index in [0.717, 1.165) is 5.56 Å². The number of carbonyl (C=O) groups is 2. The maximum absolute atomic E-state index is 11.8. The van der Waals surface area contributed by atoms with Gasteiger partial charge in [-0.15, -0.1) is 0 Å². The summed E-state index contributed by atoms with van der Waals surface area (Å²) in [6.45, 7) is 6.48. The maximum atomic E-state index is 11.8. The predicted molar refractivity (Wildman–Crippen MR) is 70.3 cm³/mol. The third-order valence-corrected chi connectivity index (χ3v) is 3.42. The van der Waals surface area contributed by atoms with Gasteiger partial charge < -0.3 is 0 Å². The number of nitrogens with one attached hydrogen (secondary N) is 1. The maximum Gasteiger partial charge on any atom is 0.234 e. The summed E-state index contributed by atoms with van der Waals surface area (Å²) in [6, 6.07) is 8.14. The summed E-state index contributed by atoms with van der Waals surface area (Å²) in [5, 5.41) is 2.39. The quantitative estimate of drug-likeness (QED) is 0.773. The zero-order valence-electron chi connectivity index (χ0n) is 11.1. The van der Waals surface area contributed by atoms with Crippen LogP contribution >= 0.6 is 0 Å². The van der Waals surface area contributed by atoms with E-state index in [2.05, 4.69) is 38.2 Å². The van der Waals surface area contributed by atoms with Crippen molar-refractivity contribution in [2.24, 2.45) is 0 Å². The van der Waals surface area contributed by atoms with Gasteiger partial charge in [0.05, 0.1) is 5.92 Å². The summed E-state index contributed by atoms with van der Waals surface area (Å²) in [4.78, 5) is 22.9. The van der Waals surface area contributed by atoms with E-state index in [1.165, 1.54) is 5.56 Å². The second-order valence-electron chi connectivity index (χ2n) is 5.88. The average Bonchev–Trinajstić information content (AvgIpc) is 2.28. The van der Waals surface area contributed by atoms with Crippen molar-refractivity contribution in [3.05, 3.63) is 35.4 Å². The van der Waals surface area contributed by atoms with Crippen molar-refractivity contribution in [1.29, 1.82) is 0 Å². The van der Waals surface area contributed by atoms with Crippen LogP contribution in [0.5, 0.6) is 0 Å². The smallest absolute Gasteiger partial charge is 0.234 e. The van der Waals surface area contributed by atoms with Gasteiger partial charge in [-0.2, -0.15) is 0 Å². The number of carbonyl (C=O) groups excluding carboxylic acids is 2. The van der Waals surface area contributed by atoms with Gasteiger partial charge in [-0.1, -0.05) is 45.0 Å². The van der Waals surface area contributed by atoms with E-state index in [1.54, 1.807) is 0 Å². The molecule has 1 N–H and O–H groups in total. The highest BCUT2D eigenvalue weighted by Crippen LogP contribution is 2.28. The summed E-state index contributed by atoms with van der Waals surface area (Å²) in [7, 11) is 0. The summed E-state index contributed by atoms with van der Waals surface area (Å²) in [5.74, 6) is -0.519. The lowest BCUT2D eigenvalue weighted by molar-refractivity contribution is -0.134. The second kappa shape index (κ2) is 4.56. The third kappa shape index (κ3) is 2.61. The molecule has 96 valence electrons. The van der Waals surface area contributed by atoms with Gasteiger partial charge in [0.25, 0.3) is 0 Å². The molecule has 1 aliphatic rings. The zero-order chi connectivity index (χ0) is 13.3. The van der Waals surface area contributed by atoms with E-state index in [0.29, 0.717) is 12.8 Å². The molecule has 3 heteroatoms. The van der Waals surface area contributed by atoms with Crippen molar-refractivity contribution in [2.45, 2.75) is 44.9 Å². The molecule has 0 bridgehead atoms. The predicted octanol–water partition coefficient (Wildman–Crippen LogP) is 2.50. The molecule has 3 nitrogen and oxygen atoms in total. The zero-order valence-corrected chi connectivity index (χ0v) is 11.1. The fraction of sp³-hybridized carbons (Fsp3) is 0.467. The van der Waals surface area contributed by atoms with E-state index >= 15 is 0 Å². The summed E-state index contributed by atoms with van der Waals surface area (Å²) >= 11 is 0. The molecule has 18 heavy (non-hydrogen) atoms. The van der Waals surface area contributed by atoms with E-state index in [-0.39, 0.29) is 23.1 Å². The van der Waals surface area contributed by atoms with Crippen LogP contribution in [0.1, 0.15) is 50.7 Å². The van der Waals surface area contributed by atoms with Gasteiger partial charge in [-0.05, 0) is 23.0 Å². The Bertz CT molecular complexity index is 468. The molecule has 1 saturated heterocycles. The molecule has 1 aromatic rings. The van der Waals surface area contributed by atoms with Crippen LogP contribution in [0.2, 0.25) is 0 Å². The highest BCUT2D eigenvalue weighted by molar-refractivity contribution is 6.00. The number of piperidine rings is 1. The van der Waals surface area contributed by atoms with E-state index in [1.807, 2.05) is 12.1 Å². The monoisotopic (exact) mass is 245 g/mol. The Kier molecular flexibility index (Phi) is 3.24. The molecule has 2 amide bonds. The van der Waals surface area contributed by atoms with Crippen LogP contribution in [0.3, 0.4) is 0 Å². The first-order valence-corrected chi connectivity index (χ1v) is 6.32. The SMILES string of the molecule is CC(C)(C)c1ccc([C@@H]2CCC(=O)NC2=O)cc1. The molecule has 0 spiro atoms. The normalized spacial score (nSPS) is 20.7. The number of rotatable bonds is 1. The van der Waals surface area contributed by atoms with Crippen molar-refractivity contribution < 1.29 is 9.59 Å². The molecular weight excluding hydrogens is 226 g/mol. The molecule has 0 aliphatic carbocycles. The van der Waals surface area contributed by atoms with Gasteiger partial charge in [-0.25, -0.2) is 0 Å². The Morgan fingerprint density at radius 1 is 1.11 bits per heavy atom. The van der Waals surface area contributed by atoms with E-state index < -0.39 is 0 Å². The van der Waals surface area contributed by atoms with Crippen molar-refractivity contribution in [3.8, 4) is 0 Å². The molecule has 1 aromatic carbocycles. The number of amides is 2. The first-order valence-electron chi connectivity index (χ1n) is 6.32. The van der Waals surface area contributed by atoms with Crippen LogP contribution in [0.4, 0.5) is 0 Å². The third-order valence-electron chi connectivity index (χ3n) is 3.42. The molecule has 1 atom stereocenters. The van der Waals surface area contributed by atoms with E-state index in [4.69, 9.17) is 0 Å².